The summed E-state index contributed by atoms with van der Waals surface area (Å²) in [7, 11) is 0. The molecule has 0 saturated carbocycles. The van der Waals surface area contributed by atoms with Gasteiger partial charge in [0, 0.05) is 13.1 Å². The fourth-order valence-corrected chi connectivity index (χ4v) is 2.87. The van der Waals surface area contributed by atoms with Gasteiger partial charge in [0.15, 0.2) is 0 Å². The Morgan fingerprint density at radius 2 is 2.25 bits per heavy atom. The van der Waals surface area contributed by atoms with Crippen LogP contribution in [0.25, 0.3) is 0 Å². The van der Waals surface area contributed by atoms with Crippen LogP contribution in [0, 0.1) is 12.7 Å². The topological polar surface area (TPSA) is 24.5 Å². The van der Waals surface area contributed by atoms with E-state index in [0.717, 1.165) is 43.9 Å². The number of rotatable bonds is 5. The molecule has 112 valence electrons. The van der Waals surface area contributed by atoms with E-state index < -0.39 is 0 Å². The first kappa shape index (κ1) is 15.4. The number of ether oxygens (including phenoxy) is 1. The molecule has 0 radical (unpaired) electrons. The minimum Gasteiger partial charge on any atom is -0.374 e. The maximum atomic E-state index is 13.3. The summed E-state index contributed by atoms with van der Waals surface area (Å²) in [4.78, 5) is 2.40. The summed E-state index contributed by atoms with van der Waals surface area (Å²) in [5, 5.41) is 3.50. The van der Waals surface area contributed by atoms with Crippen molar-refractivity contribution in [2.24, 2.45) is 0 Å². The van der Waals surface area contributed by atoms with Gasteiger partial charge in [0.25, 0.3) is 0 Å². The second-order valence-corrected chi connectivity index (χ2v) is 5.34. The fourth-order valence-electron chi connectivity index (χ4n) is 2.87. The van der Waals surface area contributed by atoms with Gasteiger partial charge in [-0.1, -0.05) is 19.9 Å². The first-order valence-corrected chi connectivity index (χ1v) is 7.49. The highest BCUT2D eigenvalue weighted by molar-refractivity contribution is 5.30. The summed E-state index contributed by atoms with van der Waals surface area (Å²) < 4.78 is 19.3. The molecule has 1 aromatic carbocycles. The van der Waals surface area contributed by atoms with Crippen LogP contribution in [0.4, 0.5) is 4.39 Å². The molecule has 3 nitrogen and oxygen atoms in total. The van der Waals surface area contributed by atoms with E-state index in [0.29, 0.717) is 0 Å². The van der Waals surface area contributed by atoms with E-state index in [1.165, 1.54) is 6.07 Å². The average Bonchev–Trinajstić information content (AvgIpc) is 2.45. The number of nitrogens with zero attached hydrogens (tertiary/aromatic N) is 1. The van der Waals surface area contributed by atoms with Gasteiger partial charge in [0.05, 0.1) is 18.8 Å². The molecule has 20 heavy (non-hydrogen) atoms. The highest BCUT2D eigenvalue weighted by Crippen LogP contribution is 2.25. The van der Waals surface area contributed by atoms with E-state index in [9.17, 15) is 4.39 Å². The highest BCUT2D eigenvalue weighted by Gasteiger charge is 2.29. The third kappa shape index (κ3) is 3.57. The molecule has 0 aromatic heterocycles. The van der Waals surface area contributed by atoms with E-state index in [1.807, 2.05) is 13.0 Å². The molecule has 1 aliphatic rings. The van der Waals surface area contributed by atoms with Gasteiger partial charge in [0.1, 0.15) is 5.82 Å². The molecule has 2 rings (SSSR count). The van der Waals surface area contributed by atoms with Crippen molar-refractivity contribution in [3.8, 4) is 0 Å². The van der Waals surface area contributed by atoms with Gasteiger partial charge in [-0.3, -0.25) is 4.90 Å². The maximum Gasteiger partial charge on any atom is 0.123 e. The highest BCUT2D eigenvalue weighted by atomic mass is 19.1. The SMILES string of the molecule is CCNC(c1ccc(F)cc1C)C1CN(CC)CCO1. The lowest BCUT2D eigenvalue weighted by Crippen LogP contribution is -2.48. The zero-order valence-corrected chi connectivity index (χ0v) is 12.7. The maximum absolute atomic E-state index is 13.3. The van der Waals surface area contributed by atoms with Crippen molar-refractivity contribution in [2.75, 3.05) is 32.8 Å². The molecule has 0 amide bonds. The Morgan fingerprint density at radius 1 is 1.45 bits per heavy atom. The van der Waals surface area contributed by atoms with Crippen LogP contribution >= 0.6 is 0 Å². The molecule has 1 saturated heterocycles. The van der Waals surface area contributed by atoms with Gasteiger partial charge in [-0.25, -0.2) is 4.39 Å². The molecule has 0 spiro atoms. The summed E-state index contributed by atoms with van der Waals surface area (Å²) in [6, 6.07) is 5.13. The lowest BCUT2D eigenvalue weighted by molar-refractivity contribution is -0.0454. The number of likely N-dealkylation sites (N-methyl/N-ethyl adjacent to an activating group) is 2. The van der Waals surface area contributed by atoms with Gasteiger partial charge >= 0.3 is 0 Å². The van der Waals surface area contributed by atoms with Crippen LogP contribution in [0.5, 0.6) is 0 Å². The Kier molecular flexibility index (Phi) is 5.52. The molecule has 0 bridgehead atoms. The van der Waals surface area contributed by atoms with Crippen molar-refractivity contribution in [2.45, 2.75) is 32.9 Å². The van der Waals surface area contributed by atoms with Crippen LogP contribution in [-0.4, -0.2) is 43.8 Å². The summed E-state index contributed by atoms with van der Waals surface area (Å²) in [6.07, 6.45) is 0.118. The number of morpholine rings is 1. The number of hydrogen-bond donors (Lipinski definition) is 1. The van der Waals surface area contributed by atoms with E-state index in [1.54, 1.807) is 6.07 Å². The minimum absolute atomic E-state index is 0.118. The largest absolute Gasteiger partial charge is 0.374 e. The summed E-state index contributed by atoms with van der Waals surface area (Å²) in [6.45, 7) is 10.8. The predicted octanol–water partition coefficient (Wildman–Crippen LogP) is 2.51. The fraction of sp³-hybridized carbons (Fsp3) is 0.625. The van der Waals surface area contributed by atoms with Crippen molar-refractivity contribution in [3.05, 3.63) is 35.1 Å². The van der Waals surface area contributed by atoms with E-state index >= 15 is 0 Å². The zero-order valence-electron chi connectivity index (χ0n) is 12.7. The van der Waals surface area contributed by atoms with Crippen molar-refractivity contribution in [3.63, 3.8) is 0 Å². The third-order valence-electron chi connectivity index (χ3n) is 3.99. The average molecular weight is 280 g/mol. The number of nitrogens with one attached hydrogen (secondary N) is 1. The molecule has 2 atom stereocenters. The smallest absolute Gasteiger partial charge is 0.123 e. The Bertz CT molecular complexity index is 438. The van der Waals surface area contributed by atoms with Crippen LogP contribution in [0.1, 0.15) is 31.0 Å². The van der Waals surface area contributed by atoms with E-state index in [4.69, 9.17) is 4.74 Å². The van der Waals surface area contributed by atoms with Crippen LogP contribution in [0.3, 0.4) is 0 Å². The lowest BCUT2D eigenvalue weighted by atomic mass is 9.95. The quantitative estimate of drug-likeness (QED) is 0.897. The molecule has 1 aliphatic heterocycles. The molecule has 1 fully saturated rings. The Labute approximate surface area is 121 Å². The molecule has 1 heterocycles. The van der Waals surface area contributed by atoms with Gasteiger partial charge in [-0.2, -0.15) is 0 Å². The Hall–Kier alpha value is -0.970. The minimum atomic E-state index is -0.179. The normalized spacial score (nSPS) is 21.9. The van der Waals surface area contributed by atoms with E-state index in [2.05, 4.69) is 24.1 Å². The zero-order chi connectivity index (χ0) is 14.5. The first-order valence-electron chi connectivity index (χ1n) is 7.49. The lowest BCUT2D eigenvalue weighted by Gasteiger charge is -2.37. The Balaban J connectivity index is 2.21. The number of benzene rings is 1. The second-order valence-electron chi connectivity index (χ2n) is 5.34. The van der Waals surface area contributed by atoms with Crippen molar-refractivity contribution in [1.82, 2.24) is 10.2 Å². The summed E-state index contributed by atoms with van der Waals surface area (Å²) in [5.74, 6) is -0.179. The molecular weight excluding hydrogens is 255 g/mol. The Morgan fingerprint density at radius 3 is 2.90 bits per heavy atom. The van der Waals surface area contributed by atoms with Crippen LogP contribution < -0.4 is 5.32 Å². The van der Waals surface area contributed by atoms with Crippen LogP contribution in [-0.2, 0) is 4.74 Å². The van der Waals surface area contributed by atoms with Crippen LogP contribution in [0.15, 0.2) is 18.2 Å². The van der Waals surface area contributed by atoms with E-state index in [-0.39, 0.29) is 18.0 Å². The number of hydrogen-bond acceptors (Lipinski definition) is 3. The van der Waals surface area contributed by atoms with Crippen molar-refractivity contribution in [1.29, 1.82) is 0 Å². The molecule has 2 unspecified atom stereocenters. The van der Waals surface area contributed by atoms with Gasteiger partial charge < -0.3 is 10.1 Å². The summed E-state index contributed by atoms with van der Waals surface area (Å²) in [5.41, 5.74) is 2.12. The molecule has 4 heteroatoms. The summed E-state index contributed by atoms with van der Waals surface area (Å²) >= 11 is 0. The molecule has 1 aromatic rings. The van der Waals surface area contributed by atoms with Crippen molar-refractivity contribution < 1.29 is 9.13 Å². The number of halogens is 1. The van der Waals surface area contributed by atoms with Gasteiger partial charge in [-0.05, 0) is 43.3 Å². The monoisotopic (exact) mass is 280 g/mol. The van der Waals surface area contributed by atoms with Crippen LogP contribution in [0.2, 0.25) is 0 Å². The second kappa shape index (κ2) is 7.16. The van der Waals surface area contributed by atoms with Gasteiger partial charge in [-0.15, -0.1) is 0 Å². The first-order chi connectivity index (χ1) is 9.65. The number of aryl methyl sites for hydroxylation is 1. The van der Waals surface area contributed by atoms with Gasteiger partial charge in [0.2, 0.25) is 0 Å². The molecule has 1 N–H and O–H groups in total. The van der Waals surface area contributed by atoms with Crippen molar-refractivity contribution >= 4 is 0 Å². The third-order valence-corrected chi connectivity index (χ3v) is 3.99. The molecular formula is C16H25FN2O. The molecule has 0 aliphatic carbocycles. The predicted molar refractivity (Wildman–Crippen MR) is 79.4 cm³/mol. The standard InChI is InChI=1S/C16H25FN2O/c1-4-18-16(14-7-6-13(17)10-12(14)3)15-11-19(5-2)8-9-20-15/h6-7,10,15-16,18H,4-5,8-9,11H2,1-3H3.